The van der Waals surface area contributed by atoms with Crippen molar-refractivity contribution < 1.29 is 9.59 Å². The number of piperidine rings is 1. The van der Waals surface area contributed by atoms with E-state index in [0.717, 1.165) is 43.2 Å². The first-order valence-corrected chi connectivity index (χ1v) is 10.4. The van der Waals surface area contributed by atoms with Crippen LogP contribution in [0.1, 0.15) is 50.2 Å². The van der Waals surface area contributed by atoms with Gasteiger partial charge in [-0.2, -0.15) is 5.10 Å². The molecule has 2 heterocycles. The number of carbonyl (C=O) groups is 2. The third-order valence-electron chi connectivity index (χ3n) is 5.63. The van der Waals surface area contributed by atoms with E-state index in [4.69, 9.17) is 0 Å². The molecule has 1 aromatic carbocycles. The molecular weight excluding hydrogens is 352 g/mol. The molecule has 1 N–H and O–H groups in total. The number of carbonyl (C=O) groups excluding carboxylic acids is 2. The van der Waals surface area contributed by atoms with Crippen molar-refractivity contribution in [1.29, 1.82) is 0 Å². The van der Waals surface area contributed by atoms with Gasteiger partial charge in [0.2, 0.25) is 11.8 Å². The summed E-state index contributed by atoms with van der Waals surface area (Å²) < 4.78 is 0. The molecule has 0 unspecified atom stereocenters. The van der Waals surface area contributed by atoms with Gasteiger partial charge in [-0.15, -0.1) is 0 Å². The van der Waals surface area contributed by atoms with E-state index in [2.05, 4.69) is 22.2 Å². The highest BCUT2D eigenvalue weighted by Crippen LogP contribution is 2.16. The van der Waals surface area contributed by atoms with Crippen LogP contribution in [-0.2, 0) is 9.59 Å². The summed E-state index contributed by atoms with van der Waals surface area (Å²) in [4.78, 5) is 26.9. The number of hydrazone groups is 1. The molecule has 0 bridgehead atoms. The first-order valence-electron chi connectivity index (χ1n) is 10.4. The average molecular weight is 385 g/mol. The highest BCUT2D eigenvalue weighted by atomic mass is 16.2. The fraction of sp³-hybridized carbons (Fsp3) is 0.591. The average Bonchev–Trinajstić information content (AvgIpc) is 2.69. The summed E-state index contributed by atoms with van der Waals surface area (Å²) in [5, 5.41) is 8.69. The van der Waals surface area contributed by atoms with Gasteiger partial charge in [-0.25, -0.2) is 5.01 Å². The maximum Gasteiger partial charge on any atom is 0.243 e. The molecular formula is C22H32N4O2. The fourth-order valence-electron chi connectivity index (χ4n) is 3.69. The summed E-state index contributed by atoms with van der Waals surface area (Å²) in [7, 11) is 0. The van der Waals surface area contributed by atoms with Crippen molar-refractivity contribution in [2.24, 2.45) is 11.0 Å². The highest BCUT2D eigenvalue weighted by Gasteiger charge is 2.23. The first-order chi connectivity index (χ1) is 13.5. The molecule has 0 spiro atoms. The molecule has 2 aliphatic rings. The summed E-state index contributed by atoms with van der Waals surface area (Å²) in [6, 6.07) is 8.11. The minimum atomic E-state index is -0.144. The van der Waals surface area contributed by atoms with Crippen LogP contribution in [0.3, 0.4) is 0 Å². The molecule has 0 saturated carbocycles. The van der Waals surface area contributed by atoms with Crippen LogP contribution < -0.4 is 5.32 Å². The number of hydrogen-bond acceptors (Lipinski definition) is 4. The predicted octanol–water partition coefficient (Wildman–Crippen LogP) is 2.56. The van der Waals surface area contributed by atoms with Crippen LogP contribution in [-0.4, -0.2) is 60.2 Å². The molecule has 2 amide bonds. The van der Waals surface area contributed by atoms with Gasteiger partial charge < -0.3 is 10.2 Å². The van der Waals surface area contributed by atoms with E-state index in [9.17, 15) is 9.59 Å². The summed E-state index contributed by atoms with van der Waals surface area (Å²) in [5.74, 6) is 0.603. The second kappa shape index (κ2) is 9.82. The van der Waals surface area contributed by atoms with Gasteiger partial charge in [0.15, 0.2) is 0 Å². The minimum Gasteiger partial charge on any atom is -0.354 e. The maximum absolute atomic E-state index is 12.3. The van der Waals surface area contributed by atoms with Crippen LogP contribution in [0.15, 0.2) is 29.4 Å². The smallest absolute Gasteiger partial charge is 0.243 e. The molecule has 152 valence electrons. The third kappa shape index (κ3) is 5.89. The fourth-order valence-corrected chi connectivity index (χ4v) is 3.69. The number of aryl methyl sites for hydroxylation is 1. The lowest BCUT2D eigenvalue weighted by atomic mass is 9.99. The van der Waals surface area contributed by atoms with E-state index in [-0.39, 0.29) is 18.4 Å². The van der Waals surface area contributed by atoms with Gasteiger partial charge in [-0.1, -0.05) is 36.8 Å². The molecule has 0 aliphatic carbocycles. The summed E-state index contributed by atoms with van der Waals surface area (Å²) in [5.41, 5.74) is 3.07. The second-order valence-corrected chi connectivity index (χ2v) is 8.09. The molecule has 6 heteroatoms. The van der Waals surface area contributed by atoms with E-state index in [1.807, 2.05) is 31.2 Å². The SMILES string of the molecule is Cc1ccc(C2=NN(CC(=O)NCCCN3CCC(C)CC3)C(=O)CC2)cc1. The van der Waals surface area contributed by atoms with Crippen LogP contribution in [0.25, 0.3) is 0 Å². The quantitative estimate of drug-likeness (QED) is 0.735. The largest absolute Gasteiger partial charge is 0.354 e. The summed E-state index contributed by atoms with van der Waals surface area (Å²) in [6.07, 6.45) is 4.49. The number of benzene rings is 1. The zero-order valence-corrected chi connectivity index (χ0v) is 17.1. The second-order valence-electron chi connectivity index (χ2n) is 8.09. The van der Waals surface area contributed by atoms with Crippen LogP contribution in [0, 0.1) is 12.8 Å². The van der Waals surface area contributed by atoms with Gasteiger partial charge >= 0.3 is 0 Å². The molecule has 3 rings (SSSR count). The topological polar surface area (TPSA) is 65.0 Å². The predicted molar refractivity (Wildman–Crippen MR) is 111 cm³/mol. The monoisotopic (exact) mass is 384 g/mol. The van der Waals surface area contributed by atoms with E-state index >= 15 is 0 Å². The number of rotatable bonds is 7. The van der Waals surface area contributed by atoms with E-state index < -0.39 is 0 Å². The lowest BCUT2D eigenvalue weighted by Crippen LogP contribution is -2.41. The molecule has 0 atom stereocenters. The lowest BCUT2D eigenvalue weighted by molar-refractivity contribution is -0.136. The van der Waals surface area contributed by atoms with Crippen LogP contribution in [0.5, 0.6) is 0 Å². The Morgan fingerprint density at radius 3 is 2.61 bits per heavy atom. The molecule has 0 radical (unpaired) electrons. The third-order valence-corrected chi connectivity index (χ3v) is 5.63. The van der Waals surface area contributed by atoms with Gasteiger partial charge in [0.1, 0.15) is 6.54 Å². The molecule has 28 heavy (non-hydrogen) atoms. The Kier molecular flexibility index (Phi) is 7.20. The maximum atomic E-state index is 12.3. The van der Waals surface area contributed by atoms with Gasteiger partial charge in [0, 0.05) is 19.4 Å². The van der Waals surface area contributed by atoms with Crippen LogP contribution >= 0.6 is 0 Å². The molecule has 1 aromatic rings. The Morgan fingerprint density at radius 2 is 1.89 bits per heavy atom. The van der Waals surface area contributed by atoms with Crippen molar-refractivity contribution in [3.8, 4) is 0 Å². The normalized spacial score (nSPS) is 18.9. The zero-order chi connectivity index (χ0) is 19.9. The highest BCUT2D eigenvalue weighted by molar-refractivity contribution is 6.04. The van der Waals surface area contributed by atoms with Crippen molar-refractivity contribution in [3.05, 3.63) is 35.4 Å². The van der Waals surface area contributed by atoms with Crippen LogP contribution in [0.2, 0.25) is 0 Å². The molecule has 1 saturated heterocycles. The lowest BCUT2D eigenvalue weighted by Gasteiger charge is -2.30. The summed E-state index contributed by atoms with van der Waals surface area (Å²) in [6.45, 7) is 8.33. The molecule has 1 fully saturated rings. The number of nitrogens with zero attached hydrogens (tertiary/aromatic N) is 3. The molecule has 2 aliphatic heterocycles. The number of hydrogen-bond donors (Lipinski definition) is 1. The van der Waals surface area contributed by atoms with Crippen molar-refractivity contribution in [2.45, 2.75) is 46.0 Å². The van der Waals surface area contributed by atoms with E-state index in [0.29, 0.717) is 19.4 Å². The standard InChI is InChI=1S/C22H32N4O2/c1-17-4-6-19(7-5-17)20-8-9-22(28)26(24-20)16-21(27)23-12-3-13-25-14-10-18(2)11-15-25/h4-7,18H,3,8-16H2,1-2H3,(H,23,27). The van der Waals surface area contributed by atoms with Crippen molar-refractivity contribution in [2.75, 3.05) is 32.7 Å². The van der Waals surface area contributed by atoms with E-state index in [1.54, 1.807) is 0 Å². The van der Waals surface area contributed by atoms with Gasteiger partial charge in [0.05, 0.1) is 5.71 Å². The first kappa shape index (κ1) is 20.5. The van der Waals surface area contributed by atoms with Gasteiger partial charge in [0.25, 0.3) is 0 Å². The summed E-state index contributed by atoms with van der Waals surface area (Å²) >= 11 is 0. The number of amides is 2. The van der Waals surface area contributed by atoms with Gasteiger partial charge in [-0.3, -0.25) is 9.59 Å². The zero-order valence-electron chi connectivity index (χ0n) is 17.1. The Balaban J connectivity index is 1.44. The van der Waals surface area contributed by atoms with E-state index in [1.165, 1.54) is 23.4 Å². The Morgan fingerprint density at radius 1 is 1.18 bits per heavy atom. The number of likely N-dealkylation sites (tertiary alicyclic amines) is 1. The van der Waals surface area contributed by atoms with Crippen LogP contribution in [0.4, 0.5) is 0 Å². The molecule has 6 nitrogen and oxygen atoms in total. The Hall–Kier alpha value is -2.21. The van der Waals surface area contributed by atoms with Crippen molar-refractivity contribution in [1.82, 2.24) is 15.2 Å². The van der Waals surface area contributed by atoms with Crippen molar-refractivity contribution >= 4 is 17.5 Å². The molecule has 0 aromatic heterocycles. The van der Waals surface area contributed by atoms with Crippen molar-refractivity contribution in [3.63, 3.8) is 0 Å². The Labute approximate surface area is 168 Å². The Bertz CT molecular complexity index is 706. The van der Waals surface area contributed by atoms with Gasteiger partial charge in [-0.05, 0) is 57.3 Å². The number of nitrogens with one attached hydrogen (secondary N) is 1. The minimum absolute atomic E-state index is 0.00454.